The van der Waals surface area contributed by atoms with Crippen LogP contribution in [0.3, 0.4) is 0 Å². The number of fused-ring (bicyclic) bond motifs is 5. The third kappa shape index (κ3) is 3.66. The molecule has 0 saturated heterocycles. The van der Waals surface area contributed by atoms with Crippen LogP contribution < -0.4 is 34.7 Å². The number of carboxylic acid groups (broad SMARTS) is 1. The Morgan fingerprint density at radius 1 is 1.20 bits per heavy atom. The van der Waals surface area contributed by atoms with Gasteiger partial charge >= 0.3 is 29.6 Å². The molecule has 0 aromatic carbocycles. The van der Waals surface area contributed by atoms with Gasteiger partial charge in [-0.2, -0.15) is 0 Å². The van der Waals surface area contributed by atoms with Crippen LogP contribution in [0.25, 0.3) is 0 Å². The molecule has 0 bridgehead atoms. The number of hydrogen-bond donors (Lipinski definition) is 1. The maximum atomic E-state index is 13.6. The monoisotopic (exact) mass is 426 g/mol. The summed E-state index contributed by atoms with van der Waals surface area (Å²) in [5, 5.41) is 22.1. The number of ketones is 2. The average molecular weight is 427 g/mol. The predicted molar refractivity (Wildman–Crippen MR) is 105 cm³/mol. The summed E-state index contributed by atoms with van der Waals surface area (Å²) in [6.45, 7) is 6.43. The molecule has 0 spiro atoms. The van der Waals surface area contributed by atoms with Crippen LogP contribution in [0.15, 0.2) is 0 Å². The van der Waals surface area contributed by atoms with Crippen molar-refractivity contribution in [3.05, 3.63) is 0 Å². The first-order valence-electron chi connectivity index (χ1n) is 11.5. The van der Waals surface area contributed by atoms with Crippen molar-refractivity contribution >= 4 is 17.5 Å². The first-order valence-corrected chi connectivity index (χ1v) is 11.5. The number of aliphatic carboxylic acids is 1. The molecule has 9 atom stereocenters. The van der Waals surface area contributed by atoms with E-state index in [4.69, 9.17) is 0 Å². The molecule has 0 aromatic heterocycles. The summed E-state index contributed by atoms with van der Waals surface area (Å²) in [6.07, 6.45) is 5.16. The van der Waals surface area contributed by atoms with Crippen molar-refractivity contribution in [3.8, 4) is 0 Å². The maximum absolute atomic E-state index is 13.6. The molecule has 0 heterocycles. The van der Waals surface area contributed by atoms with E-state index in [-0.39, 0.29) is 76.9 Å². The summed E-state index contributed by atoms with van der Waals surface area (Å²) in [5.41, 5.74) is -0.505. The number of hydrogen-bond acceptors (Lipinski definition) is 5. The quantitative estimate of drug-likeness (QED) is 0.614. The van der Waals surface area contributed by atoms with E-state index in [9.17, 15) is 24.6 Å². The molecule has 4 saturated carbocycles. The normalized spacial score (nSPS) is 46.3. The van der Waals surface area contributed by atoms with Gasteiger partial charge in [0.25, 0.3) is 0 Å². The second-order valence-electron chi connectivity index (χ2n) is 11.0. The smallest absolute Gasteiger partial charge is 0.550 e. The molecule has 6 heteroatoms. The topological polar surface area (TPSA) is 94.5 Å². The molecule has 4 aliphatic rings. The van der Waals surface area contributed by atoms with E-state index < -0.39 is 17.5 Å². The van der Waals surface area contributed by atoms with Crippen molar-refractivity contribution in [1.29, 1.82) is 0 Å². The molecule has 5 nitrogen and oxygen atoms in total. The van der Waals surface area contributed by atoms with Gasteiger partial charge in [-0.3, -0.25) is 9.59 Å². The Morgan fingerprint density at radius 2 is 1.90 bits per heavy atom. The van der Waals surface area contributed by atoms with Crippen LogP contribution in [-0.4, -0.2) is 28.7 Å². The van der Waals surface area contributed by atoms with Crippen molar-refractivity contribution in [2.45, 2.75) is 84.7 Å². The third-order valence-corrected chi connectivity index (χ3v) is 9.92. The summed E-state index contributed by atoms with van der Waals surface area (Å²) in [6, 6.07) is 0. The number of carbonyl (C=O) groups excluding carboxylic acids is 3. The van der Waals surface area contributed by atoms with Crippen molar-refractivity contribution in [1.82, 2.24) is 0 Å². The van der Waals surface area contributed by atoms with Gasteiger partial charge in [0.15, 0.2) is 0 Å². The standard InChI is InChI=1S/C24H36O5.Na/c1-13(4-7-21(28)29)16-5-6-17-22-18(12-20(27)24(16,17)3)23(2)9-8-15(25)10-14(23)11-19(22)26;/h13-14,16-19,22,26H,4-12H2,1-3H3,(H,28,29);/q;+1/p-1/t13-,14?,16-,17+,18?,19?,22+,23+,24-;/m1./s1. The number of Topliss-reactive ketones (excluding diaryl/α,β-unsaturated/α-hetero) is 2. The van der Waals surface area contributed by atoms with E-state index in [0.717, 1.165) is 19.3 Å². The molecule has 0 aromatic rings. The minimum atomic E-state index is -1.03. The maximum Gasteiger partial charge on any atom is 1.00 e. The summed E-state index contributed by atoms with van der Waals surface area (Å²) < 4.78 is 0. The van der Waals surface area contributed by atoms with E-state index in [1.54, 1.807) is 0 Å². The zero-order chi connectivity index (χ0) is 21.1. The third-order valence-electron chi connectivity index (χ3n) is 9.92. The fourth-order valence-electron chi connectivity index (χ4n) is 8.22. The molecule has 30 heavy (non-hydrogen) atoms. The van der Waals surface area contributed by atoms with Gasteiger partial charge in [-0.15, -0.1) is 0 Å². The van der Waals surface area contributed by atoms with Crippen LogP contribution in [-0.2, 0) is 14.4 Å². The fraction of sp³-hybridized carbons (Fsp3) is 0.875. The second kappa shape index (κ2) is 8.61. The Kier molecular flexibility index (Phi) is 7.00. The van der Waals surface area contributed by atoms with Crippen molar-refractivity contribution in [2.75, 3.05) is 0 Å². The minimum Gasteiger partial charge on any atom is -0.550 e. The fourth-order valence-corrected chi connectivity index (χ4v) is 8.22. The van der Waals surface area contributed by atoms with Gasteiger partial charge in [0, 0.05) is 30.6 Å². The van der Waals surface area contributed by atoms with Gasteiger partial charge in [-0.1, -0.05) is 20.8 Å². The predicted octanol–water partition coefficient (Wildman–Crippen LogP) is -0.466. The average Bonchev–Trinajstić information content (AvgIpc) is 3.01. The molecule has 0 amide bonds. The van der Waals surface area contributed by atoms with E-state index in [1.807, 2.05) is 0 Å². The van der Waals surface area contributed by atoms with Crippen LogP contribution in [0.1, 0.15) is 78.6 Å². The Hall–Kier alpha value is -0.230. The van der Waals surface area contributed by atoms with Crippen molar-refractivity contribution < 1.29 is 54.2 Å². The molecule has 4 fully saturated rings. The summed E-state index contributed by atoms with van der Waals surface area (Å²) >= 11 is 0. The second-order valence-corrected chi connectivity index (χ2v) is 11.0. The molecule has 0 aliphatic heterocycles. The van der Waals surface area contributed by atoms with Gasteiger partial charge in [0.1, 0.15) is 11.6 Å². The van der Waals surface area contributed by atoms with Crippen LogP contribution in [0.5, 0.6) is 0 Å². The molecule has 1 N–H and O–H groups in total. The zero-order valence-electron chi connectivity index (χ0n) is 19.0. The first kappa shape index (κ1) is 24.4. The first-order chi connectivity index (χ1) is 13.6. The van der Waals surface area contributed by atoms with Crippen molar-refractivity contribution in [2.24, 2.45) is 46.3 Å². The zero-order valence-corrected chi connectivity index (χ0v) is 21.0. The van der Waals surface area contributed by atoms with E-state index in [0.29, 0.717) is 43.7 Å². The number of aliphatic hydroxyl groups is 1. The Labute approximate surface area is 202 Å². The molecule has 4 rings (SSSR count). The molecule has 4 aliphatic carbocycles. The van der Waals surface area contributed by atoms with Gasteiger partial charge in [-0.05, 0) is 79.4 Å². The molecule has 0 radical (unpaired) electrons. The van der Waals surface area contributed by atoms with E-state index >= 15 is 0 Å². The van der Waals surface area contributed by atoms with E-state index in [1.165, 1.54) is 0 Å². The van der Waals surface area contributed by atoms with Crippen LogP contribution in [0, 0.1) is 46.3 Å². The molecular weight excluding hydrogens is 391 g/mol. The Balaban J connectivity index is 0.00000256. The number of carbonyl (C=O) groups is 3. The summed E-state index contributed by atoms with van der Waals surface area (Å²) in [7, 11) is 0. The summed E-state index contributed by atoms with van der Waals surface area (Å²) in [4.78, 5) is 36.6. The van der Waals surface area contributed by atoms with E-state index in [2.05, 4.69) is 20.8 Å². The SMILES string of the molecule is C[C@H](CCC(=O)[O-])[C@H]1CC[C@H]2[C@@H]3C(O)CC4CC(=O)CC[C@]4(C)C3CC(=O)[C@]12C.[Na+]. The Bertz CT molecular complexity index is 722. The van der Waals surface area contributed by atoms with Crippen LogP contribution in [0.2, 0.25) is 0 Å². The van der Waals surface area contributed by atoms with Gasteiger partial charge in [0.05, 0.1) is 6.10 Å². The Morgan fingerprint density at radius 3 is 2.57 bits per heavy atom. The number of aliphatic hydroxyl groups excluding tert-OH is 1. The number of rotatable bonds is 4. The molecule has 3 unspecified atom stereocenters. The largest absolute Gasteiger partial charge is 1.00 e. The molecular formula is C24H35NaO5. The molecule has 162 valence electrons. The van der Waals surface area contributed by atoms with Gasteiger partial charge in [-0.25, -0.2) is 0 Å². The van der Waals surface area contributed by atoms with Crippen LogP contribution in [0.4, 0.5) is 0 Å². The van der Waals surface area contributed by atoms with Gasteiger partial charge < -0.3 is 15.0 Å². The van der Waals surface area contributed by atoms with Gasteiger partial charge in [0.2, 0.25) is 0 Å². The van der Waals surface area contributed by atoms with Crippen molar-refractivity contribution in [3.63, 3.8) is 0 Å². The summed E-state index contributed by atoms with van der Waals surface area (Å²) in [5.74, 6) is 0.528. The number of carboxylic acids is 1. The minimum absolute atomic E-state index is 0. The van der Waals surface area contributed by atoms with Crippen LogP contribution >= 0.6 is 0 Å².